The van der Waals surface area contributed by atoms with Gasteiger partial charge in [0.05, 0.1) is 17.6 Å². The molecule has 0 atom stereocenters. The van der Waals surface area contributed by atoms with E-state index in [1.165, 1.54) is 18.2 Å². The van der Waals surface area contributed by atoms with Crippen LogP contribution in [0.25, 0.3) is 0 Å². The first-order valence-electron chi connectivity index (χ1n) is 6.84. The van der Waals surface area contributed by atoms with E-state index in [2.05, 4.69) is 5.32 Å². The maximum absolute atomic E-state index is 11.7. The standard InChI is InChI=1S/C14H18N2O6/c1-3-5-14(18)22-9-13(17)15-11-7-6-10(21-4-2)8-12(11)16(19)20/h6-8H,3-5,9H2,1-2H3,(H,15,17). The van der Waals surface area contributed by atoms with Crippen molar-refractivity contribution in [2.24, 2.45) is 0 Å². The molecule has 0 aromatic heterocycles. The Labute approximate surface area is 127 Å². The van der Waals surface area contributed by atoms with Crippen molar-refractivity contribution >= 4 is 23.3 Å². The van der Waals surface area contributed by atoms with Crippen LogP contribution in [-0.4, -0.2) is 30.0 Å². The lowest BCUT2D eigenvalue weighted by Gasteiger charge is -2.08. The van der Waals surface area contributed by atoms with Gasteiger partial charge in [0.25, 0.3) is 11.6 Å². The van der Waals surface area contributed by atoms with Gasteiger partial charge in [-0.2, -0.15) is 0 Å². The lowest BCUT2D eigenvalue weighted by Crippen LogP contribution is -2.21. The molecule has 8 nitrogen and oxygen atoms in total. The summed E-state index contributed by atoms with van der Waals surface area (Å²) in [4.78, 5) is 33.2. The van der Waals surface area contributed by atoms with E-state index in [1.807, 2.05) is 6.92 Å². The van der Waals surface area contributed by atoms with E-state index >= 15 is 0 Å². The third kappa shape index (κ3) is 5.39. The fraction of sp³-hybridized carbons (Fsp3) is 0.429. The summed E-state index contributed by atoms with van der Waals surface area (Å²) >= 11 is 0. The third-order valence-electron chi connectivity index (χ3n) is 2.57. The zero-order chi connectivity index (χ0) is 16.5. The minimum atomic E-state index is -0.642. The highest BCUT2D eigenvalue weighted by atomic mass is 16.6. The van der Waals surface area contributed by atoms with Gasteiger partial charge in [-0.3, -0.25) is 19.7 Å². The molecule has 0 aliphatic rings. The van der Waals surface area contributed by atoms with Crippen molar-refractivity contribution < 1.29 is 24.0 Å². The number of hydrogen-bond acceptors (Lipinski definition) is 6. The Morgan fingerprint density at radius 3 is 2.64 bits per heavy atom. The van der Waals surface area contributed by atoms with Crippen molar-refractivity contribution in [3.63, 3.8) is 0 Å². The summed E-state index contributed by atoms with van der Waals surface area (Å²) in [5, 5.41) is 13.4. The molecule has 22 heavy (non-hydrogen) atoms. The van der Waals surface area contributed by atoms with Gasteiger partial charge in [0.15, 0.2) is 6.61 Å². The molecule has 0 bridgehead atoms. The largest absolute Gasteiger partial charge is 0.494 e. The fourth-order valence-corrected chi connectivity index (χ4v) is 1.63. The minimum absolute atomic E-state index is 0.0185. The van der Waals surface area contributed by atoms with Gasteiger partial charge in [-0.25, -0.2) is 0 Å². The molecule has 0 aliphatic heterocycles. The lowest BCUT2D eigenvalue weighted by atomic mass is 10.2. The zero-order valence-electron chi connectivity index (χ0n) is 12.5. The molecule has 8 heteroatoms. The maximum atomic E-state index is 11.7. The highest BCUT2D eigenvalue weighted by Gasteiger charge is 2.18. The number of benzene rings is 1. The molecule has 0 saturated carbocycles. The summed E-state index contributed by atoms with van der Waals surface area (Å²) in [6.45, 7) is 3.45. The summed E-state index contributed by atoms with van der Waals surface area (Å²) in [7, 11) is 0. The van der Waals surface area contributed by atoms with E-state index in [0.717, 1.165) is 0 Å². The Balaban J connectivity index is 2.73. The highest BCUT2D eigenvalue weighted by Crippen LogP contribution is 2.29. The summed E-state index contributed by atoms with van der Waals surface area (Å²) < 4.78 is 9.91. The Kier molecular flexibility index (Phi) is 6.81. The Morgan fingerprint density at radius 1 is 1.32 bits per heavy atom. The first-order valence-corrected chi connectivity index (χ1v) is 6.84. The number of nitro groups is 1. The number of anilines is 1. The van der Waals surface area contributed by atoms with Crippen molar-refractivity contribution in [3.8, 4) is 5.75 Å². The first-order chi connectivity index (χ1) is 10.5. The smallest absolute Gasteiger partial charge is 0.306 e. The molecule has 0 spiro atoms. The van der Waals surface area contributed by atoms with Gasteiger partial charge in [0, 0.05) is 6.42 Å². The number of rotatable bonds is 8. The van der Waals surface area contributed by atoms with E-state index < -0.39 is 23.4 Å². The van der Waals surface area contributed by atoms with Gasteiger partial charge in [0.2, 0.25) is 0 Å². The fourth-order valence-electron chi connectivity index (χ4n) is 1.63. The van der Waals surface area contributed by atoms with Gasteiger partial charge in [-0.05, 0) is 25.5 Å². The van der Waals surface area contributed by atoms with Gasteiger partial charge in [-0.1, -0.05) is 6.92 Å². The highest BCUT2D eigenvalue weighted by molar-refractivity contribution is 5.95. The van der Waals surface area contributed by atoms with Crippen LogP contribution in [0.3, 0.4) is 0 Å². The number of esters is 1. The summed E-state index contributed by atoms with van der Waals surface area (Å²) in [5.74, 6) is -0.794. The number of nitro benzene ring substituents is 1. The van der Waals surface area contributed by atoms with Crippen LogP contribution in [-0.2, 0) is 14.3 Å². The molecule has 1 aromatic rings. The van der Waals surface area contributed by atoms with Crippen LogP contribution in [0.5, 0.6) is 5.75 Å². The molecule has 1 aromatic carbocycles. The second-order valence-electron chi connectivity index (χ2n) is 4.33. The molecular formula is C14H18N2O6. The Bertz CT molecular complexity index is 558. The lowest BCUT2D eigenvalue weighted by molar-refractivity contribution is -0.384. The zero-order valence-corrected chi connectivity index (χ0v) is 12.5. The molecule has 0 fully saturated rings. The van der Waals surface area contributed by atoms with Crippen LogP contribution in [0.1, 0.15) is 26.7 Å². The number of nitrogens with zero attached hydrogens (tertiary/aromatic N) is 1. The Morgan fingerprint density at radius 2 is 2.05 bits per heavy atom. The number of ether oxygens (including phenoxy) is 2. The monoisotopic (exact) mass is 310 g/mol. The molecule has 0 unspecified atom stereocenters. The first kappa shape index (κ1) is 17.4. The van der Waals surface area contributed by atoms with E-state index in [1.54, 1.807) is 6.92 Å². The summed E-state index contributed by atoms with van der Waals surface area (Å²) in [5.41, 5.74) is -0.274. The topological polar surface area (TPSA) is 108 Å². The SMILES string of the molecule is CCCC(=O)OCC(=O)Nc1ccc(OCC)cc1[N+](=O)[O-]. The van der Waals surface area contributed by atoms with Crippen molar-refractivity contribution in [2.75, 3.05) is 18.5 Å². The number of amides is 1. The van der Waals surface area contributed by atoms with Crippen molar-refractivity contribution in [1.82, 2.24) is 0 Å². The molecule has 1 rings (SSSR count). The average Bonchev–Trinajstić information content (AvgIpc) is 2.47. The van der Waals surface area contributed by atoms with Gasteiger partial charge in [0.1, 0.15) is 11.4 Å². The molecule has 1 N–H and O–H groups in total. The summed E-state index contributed by atoms with van der Waals surface area (Å²) in [6, 6.07) is 4.10. The van der Waals surface area contributed by atoms with Gasteiger partial charge in [-0.15, -0.1) is 0 Å². The minimum Gasteiger partial charge on any atom is -0.494 e. The molecular weight excluding hydrogens is 292 g/mol. The van der Waals surface area contributed by atoms with E-state index in [0.29, 0.717) is 18.8 Å². The van der Waals surface area contributed by atoms with Crippen LogP contribution in [0.4, 0.5) is 11.4 Å². The average molecular weight is 310 g/mol. The predicted molar refractivity (Wildman–Crippen MR) is 78.8 cm³/mol. The van der Waals surface area contributed by atoms with Gasteiger partial charge < -0.3 is 14.8 Å². The maximum Gasteiger partial charge on any atom is 0.306 e. The molecule has 1 amide bonds. The molecule has 0 saturated heterocycles. The molecule has 120 valence electrons. The number of hydrogen-bond donors (Lipinski definition) is 1. The predicted octanol–water partition coefficient (Wildman–Crippen LogP) is 2.28. The number of carbonyl (C=O) groups is 2. The van der Waals surface area contributed by atoms with Crippen LogP contribution < -0.4 is 10.1 Å². The van der Waals surface area contributed by atoms with Crippen LogP contribution >= 0.6 is 0 Å². The van der Waals surface area contributed by atoms with E-state index in [-0.39, 0.29) is 17.8 Å². The number of carbonyl (C=O) groups excluding carboxylic acids is 2. The van der Waals surface area contributed by atoms with Crippen LogP contribution in [0.2, 0.25) is 0 Å². The normalized spacial score (nSPS) is 9.91. The second-order valence-corrected chi connectivity index (χ2v) is 4.33. The van der Waals surface area contributed by atoms with Crippen molar-refractivity contribution in [2.45, 2.75) is 26.7 Å². The molecule has 0 aliphatic carbocycles. The van der Waals surface area contributed by atoms with E-state index in [4.69, 9.17) is 9.47 Å². The van der Waals surface area contributed by atoms with Crippen molar-refractivity contribution in [3.05, 3.63) is 28.3 Å². The molecule has 0 heterocycles. The van der Waals surface area contributed by atoms with Crippen molar-refractivity contribution in [1.29, 1.82) is 0 Å². The summed E-state index contributed by atoms with van der Waals surface area (Å²) in [6.07, 6.45) is 0.835. The molecule has 0 radical (unpaired) electrons. The Hall–Kier alpha value is -2.64. The van der Waals surface area contributed by atoms with Crippen LogP contribution in [0.15, 0.2) is 18.2 Å². The second kappa shape index (κ2) is 8.60. The van der Waals surface area contributed by atoms with Crippen LogP contribution in [0, 0.1) is 10.1 Å². The quantitative estimate of drug-likeness (QED) is 0.448. The number of nitrogens with one attached hydrogen (secondary N) is 1. The van der Waals surface area contributed by atoms with Gasteiger partial charge >= 0.3 is 5.97 Å². The van der Waals surface area contributed by atoms with E-state index in [9.17, 15) is 19.7 Å². The third-order valence-corrected chi connectivity index (χ3v) is 2.57.